The van der Waals surface area contributed by atoms with E-state index in [-0.39, 0.29) is 6.10 Å². The first-order chi connectivity index (χ1) is 7.16. The molecule has 0 aromatic heterocycles. The molecule has 0 radical (unpaired) electrons. The van der Waals surface area contributed by atoms with Gasteiger partial charge >= 0.3 is 0 Å². The quantitative estimate of drug-likeness (QED) is 0.731. The van der Waals surface area contributed by atoms with Crippen molar-refractivity contribution in [1.29, 1.82) is 0 Å². The molecule has 1 saturated heterocycles. The second-order valence-electron chi connectivity index (χ2n) is 4.11. The molecule has 0 aliphatic carbocycles. The van der Waals surface area contributed by atoms with Gasteiger partial charge in [-0.1, -0.05) is 0 Å². The average molecular weight is 207 g/mol. The third kappa shape index (κ3) is 2.23. The van der Waals surface area contributed by atoms with Gasteiger partial charge in [-0.25, -0.2) is 0 Å². The molecule has 0 bridgehead atoms. The molecule has 2 N–H and O–H groups in total. The van der Waals surface area contributed by atoms with Crippen molar-refractivity contribution < 1.29 is 9.84 Å². The molecule has 0 amide bonds. The van der Waals surface area contributed by atoms with Gasteiger partial charge in [0.15, 0.2) is 0 Å². The molecule has 1 fully saturated rings. The molecule has 3 nitrogen and oxygen atoms in total. The average Bonchev–Trinajstić information content (AvgIpc) is 2.57. The summed E-state index contributed by atoms with van der Waals surface area (Å²) in [7, 11) is 0. The van der Waals surface area contributed by atoms with Gasteiger partial charge in [-0.3, -0.25) is 0 Å². The maximum absolute atomic E-state index is 9.30. The summed E-state index contributed by atoms with van der Waals surface area (Å²) in [6, 6.07) is 5.77. The lowest BCUT2D eigenvalue weighted by atomic mass is 10.1. The molecule has 2 atom stereocenters. The first-order valence-electron chi connectivity index (χ1n) is 5.34. The van der Waals surface area contributed by atoms with Gasteiger partial charge in [0, 0.05) is 12.3 Å². The van der Waals surface area contributed by atoms with Gasteiger partial charge in [0.25, 0.3) is 0 Å². The van der Waals surface area contributed by atoms with Crippen LogP contribution < -0.4 is 5.32 Å². The van der Waals surface area contributed by atoms with Crippen LogP contribution in [0, 0.1) is 6.92 Å². The highest BCUT2D eigenvalue weighted by Gasteiger charge is 2.24. The Hall–Kier alpha value is -1.22. The van der Waals surface area contributed by atoms with Crippen molar-refractivity contribution in [2.45, 2.75) is 32.4 Å². The van der Waals surface area contributed by atoms with Crippen LogP contribution in [0.2, 0.25) is 0 Å². The molecule has 0 spiro atoms. The van der Waals surface area contributed by atoms with Crippen molar-refractivity contribution in [3.63, 3.8) is 0 Å². The molecule has 2 unspecified atom stereocenters. The van der Waals surface area contributed by atoms with Crippen molar-refractivity contribution in [3.05, 3.63) is 23.8 Å². The van der Waals surface area contributed by atoms with Gasteiger partial charge in [-0.15, -0.1) is 0 Å². The normalized spacial score (nSPS) is 25.5. The summed E-state index contributed by atoms with van der Waals surface area (Å²) < 4.78 is 5.49. The maximum Gasteiger partial charge on any atom is 0.115 e. The Morgan fingerprint density at radius 2 is 2.27 bits per heavy atom. The van der Waals surface area contributed by atoms with Gasteiger partial charge in [-0.05, 0) is 44.0 Å². The number of phenolic OH excluding ortho intramolecular Hbond substituents is 1. The number of hydrogen-bond donors (Lipinski definition) is 2. The van der Waals surface area contributed by atoms with E-state index in [1.807, 2.05) is 13.0 Å². The minimum absolute atomic E-state index is 0.262. The van der Waals surface area contributed by atoms with E-state index in [0.717, 1.165) is 24.3 Å². The second kappa shape index (κ2) is 4.11. The number of aryl methyl sites for hydroxylation is 1. The lowest BCUT2D eigenvalue weighted by Crippen LogP contribution is -2.26. The fourth-order valence-corrected chi connectivity index (χ4v) is 1.93. The highest BCUT2D eigenvalue weighted by molar-refractivity contribution is 5.54. The first-order valence-corrected chi connectivity index (χ1v) is 5.34. The molecular weight excluding hydrogens is 190 g/mol. The molecule has 15 heavy (non-hydrogen) atoms. The fourth-order valence-electron chi connectivity index (χ4n) is 1.93. The number of nitrogens with one attached hydrogen (secondary N) is 1. The summed E-state index contributed by atoms with van der Waals surface area (Å²) in [6.07, 6.45) is 1.31. The number of rotatable bonds is 2. The lowest BCUT2D eigenvalue weighted by Gasteiger charge is -2.18. The van der Waals surface area contributed by atoms with E-state index < -0.39 is 0 Å². The molecule has 3 heteroatoms. The predicted octanol–water partition coefficient (Wildman–Crippen LogP) is 2.29. The van der Waals surface area contributed by atoms with Crippen LogP contribution in [-0.2, 0) is 4.74 Å². The molecule has 1 aliphatic rings. The summed E-state index contributed by atoms with van der Waals surface area (Å²) in [6.45, 7) is 4.90. The Morgan fingerprint density at radius 1 is 1.47 bits per heavy atom. The standard InChI is InChI=1S/C12H17NO2/c1-8-7-10(14)3-4-11(8)13-12-5-6-15-9(12)2/h3-4,7,9,12-14H,5-6H2,1-2H3. The predicted molar refractivity (Wildman–Crippen MR) is 60.3 cm³/mol. The zero-order valence-electron chi connectivity index (χ0n) is 9.16. The zero-order valence-corrected chi connectivity index (χ0v) is 9.16. The van der Waals surface area contributed by atoms with Crippen LogP contribution in [0.4, 0.5) is 5.69 Å². The summed E-state index contributed by atoms with van der Waals surface area (Å²) in [5, 5.41) is 12.7. The van der Waals surface area contributed by atoms with Crippen LogP contribution in [0.3, 0.4) is 0 Å². The number of ether oxygens (including phenoxy) is 1. The van der Waals surface area contributed by atoms with Crippen molar-refractivity contribution >= 4 is 5.69 Å². The van der Waals surface area contributed by atoms with Crippen molar-refractivity contribution in [2.24, 2.45) is 0 Å². The molecule has 1 aromatic rings. The van der Waals surface area contributed by atoms with Crippen LogP contribution in [0.1, 0.15) is 18.9 Å². The van der Waals surface area contributed by atoms with Crippen LogP contribution in [-0.4, -0.2) is 23.9 Å². The van der Waals surface area contributed by atoms with Crippen LogP contribution in [0.15, 0.2) is 18.2 Å². The molecule has 0 saturated carbocycles. The lowest BCUT2D eigenvalue weighted by molar-refractivity contribution is 0.121. The van der Waals surface area contributed by atoms with E-state index in [2.05, 4.69) is 12.2 Å². The van der Waals surface area contributed by atoms with Crippen LogP contribution in [0.25, 0.3) is 0 Å². The van der Waals surface area contributed by atoms with E-state index in [0.29, 0.717) is 11.8 Å². The molecular formula is C12H17NO2. The van der Waals surface area contributed by atoms with Crippen molar-refractivity contribution in [3.8, 4) is 5.75 Å². The molecule has 2 rings (SSSR count). The van der Waals surface area contributed by atoms with Gasteiger partial charge in [-0.2, -0.15) is 0 Å². The summed E-state index contributed by atoms with van der Waals surface area (Å²) in [5.74, 6) is 0.314. The number of hydrogen-bond acceptors (Lipinski definition) is 3. The summed E-state index contributed by atoms with van der Waals surface area (Å²) >= 11 is 0. The molecule has 82 valence electrons. The SMILES string of the molecule is Cc1cc(O)ccc1NC1CCOC1C. The minimum atomic E-state index is 0.262. The zero-order chi connectivity index (χ0) is 10.8. The third-order valence-electron chi connectivity index (χ3n) is 2.93. The second-order valence-corrected chi connectivity index (χ2v) is 4.11. The third-order valence-corrected chi connectivity index (χ3v) is 2.93. The molecule has 1 aliphatic heterocycles. The Labute approximate surface area is 90.1 Å². The largest absolute Gasteiger partial charge is 0.508 e. The topological polar surface area (TPSA) is 41.5 Å². The Bertz CT molecular complexity index is 351. The Balaban J connectivity index is 2.10. The van der Waals surface area contributed by atoms with Crippen molar-refractivity contribution in [2.75, 3.05) is 11.9 Å². The number of phenols is 1. The van der Waals surface area contributed by atoms with Crippen LogP contribution >= 0.6 is 0 Å². The number of aromatic hydroxyl groups is 1. The van der Waals surface area contributed by atoms with E-state index in [1.165, 1.54) is 0 Å². The van der Waals surface area contributed by atoms with Crippen LogP contribution in [0.5, 0.6) is 5.75 Å². The van der Waals surface area contributed by atoms with Gasteiger partial charge < -0.3 is 15.2 Å². The van der Waals surface area contributed by atoms with Gasteiger partial charge in [0.2, 0.25) is 0 Å². The fraction of sp³-hybridized carbons (Fsp3) is 0.500. The summed E-state index contributed by atoms with van der Waals surface area (Å²) in [5.41, 5.74) is 2.14. The monoisotopic (exact) mass is 207 g/mol. The first kappa shape index (κ1) is 10.3. The Morgan fingerprint density at radius 3 is 2.87 bits per heavy atom. The molecule has 1 heterocycles. The number of benzene rings is 1. The van der Waals surface area contributed by atoms with E-state index in [9.17, 15) is 5.11 Å². The summed E-state index contributed by atoms with van der Waals surface area (Å²) in [4.78, 5) is 0. The Kier molecular flexibility index (Phi) is 2.82. The molecule has 1 aromatic carbocycles. The van der Waals surface area contributed by atoms with E-state index >= 15 is 0 Å². The van der Waals surface area contributed by atoms with E-state index in [4.69, 9.17) is 4.74 Å². The minimum Gasteiger partial charge on any atom is -0.508 e. The van der Waals surface area contributed by atoms with Crippen molar-refractivity contribution in [1.82, 2.24) is 0 Å². The highest BCUT2D eigenvalue weighted by atomic mass is 16.5. The maximum atomic E-state index is 9.30. The number of anilines is 1. The van der Waals surface area contributed by atoms with Gasteiger partial charge in [0.1, 0.15) is 5.75 Å². The highest BCUT2D eigenvalue weighted by Crippen LogP contribution is 2.24. The smallest absolute Gasteiger partial charge is 0.115 e. The van der Waals surface area contributed by atoms with E-state index in [1.54, 1.807) is 12.1 Å². The van der Waals surface area contributed by atoms with Gasteiger partial charge in [0.05, 0.1) is 12.1 Å².